The molecule has 8 nitrogen and oxygen atoms in total. The van der Waals surface area contributed by atoms with Gasteiger partial charge in [0.2, 0.25) is 5.91 Å². The largest absolute Gasteiger partial charge is 0.497 e. The normalized spacial score (nSPS) is 17.4. The van der Waals surface area contributed by atoms with Crippen LogP contribution >= 0.6 is 11.6 Å². The Balaban J connectivity index is 1.58. The van der Waals surface area contributed by atoms with Gasteiger partial charge in [-0.2, -0.15) is 0 Å². The second kappa shape index (κ2) is 9.52. The SMILES string of the molecule is COc1ccc(C2(C)NC(=O)N(CC(=O)N(Cc3ccccn3)c3ccc(Cl)cc3)C2=O)cc1. The summed E-state index contributed by atoms with van der Waals surface area (Å²) in [5.41, 5.74) is 0.524. The van der Waals surface area contributed by atoms with Gasteiger partial charge in [0, 0.05) is 16.9 Å². The Labute approximate surface area is 202 Å². The van der Waals surface area contributed by atoms with E-state index in [0.29, 0.717) is 27.7 Å². The van der Waals surface area contributed by atoms with Crippen molar-refractivity contribution in [2.75, 3.05) is 18.6 Å². The molecule has 34 heavy (non-hydrogen) atoms. The fourth-order valence-electron chi connectivity index (χ4n) is 3.78. The molecule has 0 bridgehead atoms. The van der Waals surface area contributed by atoms with Crippen LogP contribution in [-0.4, -0.2) is 41.4 Å². The Bertz CT molecular complexity index is 1200. The van der Waals surface area contributed by atoms with E-state index >= 15 is 0 Å². The maximum atomic E-state index is 13.4. The van der Waals surface area contributed by atoms with Crippen molar-refractivity contribution >= 4 is 35.1 Å². The first-order chi connectivity index (χ1) is 16.3. The van der Waals surface area contributed by atoms with Crippen molar-refractivity contribution in [1.82, 2.24) is 15.2 Å². The molecule has 1 aromatic heterocycles. The zero-order valence-electron chi connectivity index (χ0n) is 18.7. The highest BCUT2D eigenvalue weighted by Crippen LogP contribution is 2.30. The van der Waals surface area contributed by atoms with E-state index in [0.717, 1.165) is 4.90 Å². The van der Waals surface area contributed by atoms with Crippen LogP contribution in [0.1, 0.15) is 18.2 Å². The second-order valence-electron chi connectivity index (χ2n) is 7.95. The molecule has 1 N–H and O–H groups in total. The summed E-state index contributed by atoms with van der Waals surface area (Å²) in [6, 6.07) is 18.4. The summed E-state index contributed by atoms with van der Waals surface area (Å²) >= 11 is 6.01. The van der Waals surface area contributed by atoms with Gasteiger partial charge in [-0.1, -0.05) is 29.8 Å². The van der Waals surface area contributed by atoms with Gasteiger partial charge in [-0.3, -0.25) is 19.5 Å². The number of benzene rings is 2. The van der Waals surface area contributed by atoms with Crippen molar-refractivity contribution in [2.24, 2.45) is 0 Å². The Kier molecular flexibility index (Phi) is 6.51. The number of urea groups is 1. The number of pyridine rings is 1. The molecule has 0 saturated carbocycles. The Morgan fingerprint density at radius 3 is 2.41 bits per heavy atom. The lowest BCUT2D eigenvalue weighted by Crippen LogP contribution is -2.44. The summed E-state index contributed by atoms with van der Waals surface area (Å²) < 4.78 is 5.16. The number of hydrogen-bond donors (Lipinski definition) is 1. The van der Waals surface area contributed by atoms with Crippen molar-refractivity contribution in [3.63, 3.8) is 0 Å². The van der Waals surface area contributed by atoms with Crippen LogP contribution in [0, 0.1) is 0 Å². The quantitative estimate of drug-likeness (QED) is 0.522. The van der Waals surface area contributed by atoms with Gasteiger partial charge in [0.25, 0.3) is 5.91 Å². The number of nitrogens with zero attached hydrogens (tertiary/aromatic N) is 3. The average Bonchev–Trinajstić information content (AvgIpc) is 3.07. The van der Waals surface area contributed by atoms with E-state index in [-0.39, 0.29) is 6.54 Å². The van der Waals surface area contributed by atoms with Gasteiger partial charge in [-0.25, -0.2) is 4.79 Å². The molecule has 1 atom stereocenters. The van der Waals surface area contributed by atoms with Crippen LogP contribution in [0.15, 0.2) is 72.9 Å². The zero-order chi connectivity index (χ0) is 24.3. The standard InChI is InChI=1S/C25H23ClN4O4/c1-25(17-6-12-21(34-2)13-7-17)23(32)30(24(33)28-25)16-22(31)29(15-19-5-3-4-14-27-19)20-10-8-18(26)9-11-20/h3-14H,15-16H2,1-2H3,(H,28,33). The number of hydrogen-bond acceptors (Lipinski definition) is 5. The summed E-state index contributed by atoms with van der Waals surface area (Å²) in [5, 5.41) is 3.25. The third-order valence-corrected chi connectivity index (χ3v) is 5.97. The smallest absolute Gasteiger partial charge is 0.325 e. The molecule has 174 valence electrons. The maximum absolute atomic E-state index is 13.4. The summed E-state index contributed by atoms with van der Waals surface area (Å²) in [4.78, 5) is 46.2. The van der Waals surface area contributed by atoms with Gasteiger partial charge < -0.3 is 15.0 Å². The van der Waals surface area contributed by atoms with E-state index < -0.39 is 29.9 Å². The van der Waals surface area contributed by atoms with Crippen molar-refractivity contribution in [3.05, 3.63) is 89.2 Å². The Morgan fingerprint density at radius 1 is 1.09 bits per heavy atom. The molecule has 1 aliphatic heterocycles. The molecule has 1 saturated heterocycles. The van der Waals surface area contributed by atoms with Crippen LogP contribution in [0.3, 0.4) is 0 Å². The third kappa shape index (κ3) is 4.58. The van der Waals surface area contributed by atoms with Crippen LogP contribution in [0.25, 0.3) is 0 Å². The average molecular weight is 479 g/mol. The highest BCUT2D eigenvalue weighted by Gasteiger charge is 2.49. The lowest BCUT2D eigenvalue weighted by Gasteiger charge is -2.25. The highest BCUT2D eigenvalue weighted by atomic mass is 35.5. The number of ether oxygens (including phenoxy) is 1. The van der Waals surface area contributed by atoms with Crippen molar-refractivity contribution in [3.8, 4) is 5.75 Å². The molecule has 4 amide bonds. The van der Waals surface area contributed by atoms with Crippen LogP contribution in [0.2, 0.25) is 5.02 Å². The number of anilines is 1. The van der Waals surface area contributed by atoms with E-state index in [1.165, 1.54) is 4.90 Å². The molecule has 2 heterocycles. The number of carbonyl (C=O) groups is 3. The zero-order valence-corrected chi connectivity index (χ0v) is 19.5. The minimum Gasteiger partial charge on any atom is -0.497 e. The van der Waals surface area contributed by atoms with E-state index in [2.05, 4.69) is 10.3 Å². The molecule has 1 aliphatic rings. The number of carbonyl (C=O) groups excluding carboxylic acids is 3. The highest BCUT2D eigenvalue weighted by molar-refractivity contribution is 6.30. The lowest BCUT2D eigenvalue weighted by molar-refractivity contribution is -0.134. The number of methoxy groups -OCH3 is 1. The topological polar surface area (TPSA) is 91.8 Å². The van der Waals surface area contributed by atoms with Crippen molar-refractivity contribution < 1.29 is 19.1 Å². The lowest BCUT2D eigenvalue weighted by atomic mass is 9.92. The van der Waals surface area contributed by atoms with Crippen molar-refractivity contribution in [2.45, 2.75) is 19.0 Å². The predicted octanol–water partition coefficient (Wildman–Crippen LogP) is 3.74. The van der Waals surface area contributed by atoms with E-state index in [1.807, 2.05) is 6.07 Å². The molecule has 4 rings (SSSR count). The summed E-state index contributed by atoms with van der Waals surface area (Å²) in [5.74, 6) is -0.315. The summed E-state index contributed by atoms with van der Waals surface area (Å²) in [6.45, 7) is 1.36. The van der Waals surface area contributed by atoms with Gasteiger partial charge in [0.15, 0.2) is 0 Å². The maximum Gasteiger partial charge on any atom is 0.325 e. The molecule has 1 unspecified atom stereocenters. The predicted molar refractivity (Wildman–Crippen MR) is 127 cm³/mol. The number of halogens is 1. The number of nitrogens with one attached hydrogen (secondary N) is 1. The number of amides is 4. The number of imide groups is 1. The van der Waals surface area contributed by atoms with Crippen LogP contribution in [-0.2, 0) is 21.7 Å². The van der Waals surface area contributed by atoms with E-state index in [1.54, 1.807) is 80.9 Å². The molecule has 1 fully saturated rings. The molecular weight excluding hydrogens is 456 g/mol. The fourth-order valence-corrected chi connectivity index (χ4v) is 3.91. The minimum absolute atomic E-state index is 0.167. The van der Waals surface area contributed by atoms with Crippen molar-refractivity contribution in [1.29, 1.82) is 0 Å². The van der Waals surface area contributed by atoms with Crippen LogP contribution in [0.5, 0.6) is 5.75 Å². The first-order valence-electron chi connectivity index (χ1n) is 10.6. The third-order valence-electron chi connectivity index (χ3n) is 5.72. The molecule has 2 aromatic carbocycles. The fraction of sp³-hybridized carbons (Fsp3) is 0.200. The van der Waals surface area contributed by atoms with Gasteiger partial charge in [0.05, 0.1) is 19.3 Å². The second-order valence-corrected chi connectivity index (χ2v) is 8.39. The molecule has 9 heteroatoms. The van der Waals surface area contributed by atoms with Gasteiger partial charge in [-0.05, 0) is 61.0 Å². The molecule has 0 spiro atoms. The van der Waals surface area contributed by atoms with Gasteiger partial charge >= 0.3 is 6.03 Å². The van der Waals surface area contributed by atoms with E-state index in [4.69, 9.17) is 16.3 Å². The van der Waals surface area contributed by atoms with E-state index in [9.17, 15) is 14.4 Å². The van der Waals surface area contributed by atoms with Gasteiger partial charge in [0.1, 0.15) is 17.8 Å². The summed E-state index contributed by atoms with van der Waals surface area (Å²) in [6.07, 6.45) is 1.64. The Morgan fingerprint density at radius 2 is 1.79 bits per heavy atom. The van der Waals surface area contributed by atoms with Crippen LogP contribution < -0.4 is 15.0 Å². The molecule has 0 radical (unpaired) electrons. The number of aromatic nitrogens is 1. The molecular formula is C25H23ClN4O4. The Hall–Kier alpha value is -3.91. The van der Waals surface area contributed by atoms with Crippen LogP contribution in [0.4, 0.5) is 10.5 Å². The first kappa shape index (κ1) is 23.3. The minimum atomic E-state index is -1.30. The van der Waals surface area contributed by atoms with Gasteiger partial charge in [-0.15, -0.1) is 0 Å². The summed E-state index contributed by atoms with van der Waals surface area (Å²) in [7, 11) is 1.55. The molecule has 0 aliphatic carbocycles. The first-order valence-corrected chi connectivity index (χ1v) is 10.9. The molecule has 3 aromatic rings. The number of rotatable bonds is 7. The monoisotopic (exact) mass is 478 g/mol.